The molecular weight excluding hydrogens is 172 g/mol. The number of hydrogen-bond donors (Lipinski definition) is 1. The average molecular weight is 190 g/mol. The molecule has 1 fully saturated rings. The maximum atomic E-state index is 9.50. The van der Waals surface area contributed by atoms with Crippen molar-refractivity contribution < 1.29 is 19.3 Å². The summed E-state index contributed by atoms with van der Waals surface area (Å²) in [6.45, 7) is 3.03. The molecule has 0 radical (unpaired) electrons. The lowest BCUT2D eigenvalue weighted by Gasteiger charge is -2.14. The van der Waals surface area contributed by atoms with Gasteiger partial charge in [-0.1, -0.05) is 6.92 Å². The van der Waals surface area contributed by atoms with E-state index in [0.717, 1.165) is 6.42 Å². The predicted molar refractivity (Wildman–Crippen MR) is 47.4 cm³/mol. The van der Waals surface area contributed by atoms with E-state index in [1.807, 2.05) is 6.92 Å². The Bertz CT molecular complexity index is 140. The Kier molecular flexibility index (Phi) is 4.66. The molecule has 4 heteroatoms. The zero-order valence-corrected chi connectivity index (χ0v) is 8.23. The largest absolute Gasteiger partial charge is 0.388 e. The Morgan fingerprint density at radius 3 is 2.77 bits per heavy atom. The van der Waals surface area contributed by atoms with Crippen molar-refractivity contribution in [2.24, 2.45) is 0 Å². The first-order valence-electron chi connectivity index (χ1n) is 4.72. The van der Waals surface area contributed by atoms with Gasteiger partial charge in [0.2, 0.25) is 0 Å². The second-order valence-electron chi connectivity index (χ2n) is 3.20. The van der Waals surface area contributed by atoms with Crippen LogP contribution >= 0.6 is 0 Å². The smallest absolute Gasteiger partial charge is 0.183 e. The number of ether oxygens (including phenoxy) is 3. The molecule has 0 aromatic rings. The van der Waals surface area contributed by atoms with Crippen LogP contribution in [0.5, 0.6) is 0 Å². The van der Waals surface area contributed by atoms with Gasteiger partial charge in [-0.2, -0.15) is 0 Å². The van der Waals surface area contributed by atoms with Crippen LogP contribution in [-0.2, 0) is 14.2 Å². The van der Waals surface area contributed by atoms with E-state index in [1.54, 1.807) is 7.11 Å². The lowest BCUT2D eigenvalue weighted by atomic mass is 10.2. The Labute approximate surface area is 78.8 Å². The summed E-state index contributed by atoms with van der Waals surface area (Å²) < 4.78 is 15.6. The molecular formula is C9H18O4. The molecule has 78 valence electrons. The standard InChI is InChI=1S/C9H18O4/c1-3-7-6-8(10)9(13-7)12-5-4-11-2/h7-10H,3-6H2,1-2H3/t7-,8?,9?/m1/s1. The second-order valence-corrected chi connectivity index (χ2v) is 3.20. The van der Waals surface area contributed by atoms with Crippen LogP contribution in [0.15, 0.2) is 0 Å². The van der Waals surface area contributed by atoms with Gasteiger partial charge in [0.1, 0.15) is 6.10 Å². The zero-order valence-electron chi connectivity index (χ0n) is 8.23. The summed E-state index contributed by atoms with van der Waals surface area (Å²) in [5, 5.41) is 9.50. The third-order valence-corrected chi connectivity index (χ3v) is 2.17. The second kappa shape index (κ2) is 5.54. The molecule has 1 aliphatic rings. The molecule has 1 aliphatic heterocycles. The number of hydrogen-bond acceptors (Lipinski definition) is 4. The van der Waals surface area contributed by atoms with E-state index in [1.165, 1.54) is 0 Å². The monoisotopic (exact) mass is 190 g/mol. The highest BCUT2D eigenvalue weighted by Gasteiger charge is 2.33. The predicted octanol–water partition coefficient (Wildman–Crippen LogP) is 0.535. The SMILES string of the molecule is CC[C@@H]1CC(O)C(OCCOC)O1. The molecule has 0 amide bonds. The highest BCUT2D eigenvalue weighted by atomic mass is 16.7. The fourth-order valence-electron chi connectivity index (χ4n) is 1.38. The Morgan fingerprint density at radius 2 is 2.23 bits per heavy atom. The number of rotatable bonds is 5. The average Bonchev–Trinajstić information content (AvgIpc) is 2.48. The van der Waals surface area contributed by atoms with Crippen molar-refractivity contribution in [2.75, 3.05) is 20.3 Å². The fraction of sp³-hybridized carbons (Fsp3) is 1.00. The van der Waals surface area contributed by atoms with Gasteiger partial charge >= 0.3 is 0 Å². The molecule has 3 atom stereocenters. The maximum absolute atomic E-state index is 9.50. The Hall–Kier alpha value is -0.160. The molecule has 0 aliphatic carbocycles. The topological polar surface area (TPSA) is 47.9 Å². The van der Waals surface area contributed by atoms with Gasteiger partial charge in [-0.05, 0) is 6.42 Å². The van der Waals surface area contributed by atoms with Crippen molar-refractivity contribution in [3.63, 3.8) is 0 Å². The first kappa shape index (κ1) is 10.9. The van der Waals surface area contributed by atoms with Crippen LogP contribution < -0.4 is 0 Å². The Morgan fingerprint density at radius 1 is 1.46 bits per heavy atom. The first-order chi connectivity index (χ1) is 6.27. The highest BCUT2D eigenvalue weighted by molar-refractivity contribution is 4.75. The van der Waals surface area contributed by atoms with Crippen LogP contribution in [0.2, 0.25) is 0 Å². The number of methoxy groups -OCH3 is 1. The van der Waals surface area contributed by atoms with E-state index < -0.39 is 12.4 Å². The molecule has 4 nitrogen and oxygen atoms in total. The van der Waals surface area contributed by atoms with Crippen molar-refractivity contribution in [1.29, 1.82) is 0 Å². The highest BCUT2D eigenvalue weighted by Crippen LogP contribution is 2.23. The van der Waals surface area contributed by atoms with E-state index in [-0.39, 0.29) is 6.10 Å². The first-order valence-corrected chi connectivity index (χ1v) is 4.72. The van der Waals surface area contributed by atoms with E-state index in [0.29, 0.717) is 19.6 Å². The summed E-state index contributed by atoms with van der Waals surface area (Å²) >= 11 is 0. The van der Waals surface area contributed by atoms with E-state index in [4.69, 9.17) is 14.2 Å². The number of aliphatic hydroxyl groups excluding tert-OH is 1. The summed E-state index contributed by atoms with van der Waals surface area (Å²) in [5.74, 6) is 0. The van der Waals surface area contributed by atoms with E-state index in [2.05, 4.69) is 0 Å². The van der Waals surface area contributed by atoms with Crippen LogP contribution in [0.25, 0.3) is 0 Å². The molecule has 0 spiro atoms. The van der Waals surface area contributed by atoms with Crippen molar-refractivity contribution in [2.45, 2.75) is 38.3 Å². The van der Waals surface area contributed by atoms with Crippen molar-refractivity contribution in [3.05, 3.63) is 0 Å². The third kappa shape index (κ3) is 3.23. The quantitative estimate of drug-likeness (QED) is 0.643. The minimum atomic E-state index is -0.484. The molecule has 0 aromatic carbocycles. The van der Waals surface area contributed by atoms with Crippen LogP contribution in [0.1, 0.15) is 19.8 Å². The van der Waals surface area contributed by atoms with E-state index in [9.17, 15) is 5.11 Å². The van der Waals surface area contributed by atoms with Gasteiger partial charge in [0.25, 0.3) is 0 Å². The molecule has 1 rings (SSSR count). The van der Waals surface area contributed by atoms with Gasteiger partial charge in [-0.15, -0.1) is 0 Å². The molecule has 2 unspecified atom stereocenters. The van der Waals surface area contributed by atoms with Crippen LogP contribution in [-0.4, -0.2) is 43.9 Å². The van der Waals surface area contributed by atoms with E-state index >= 15 is 0 Å². The van der Waals surface area contributed by atoms with Crippen molar-refractivity contribution in [3.8, 4) is 0 Å². The molecule has 0 bridgehead atoms. The third-order valence-electron chi connectivity index (χ3n) is 2.17. The van der Waals surface area contributed by atoms with Crippen molar-refractivity contribution in [1.82, 2.24) is 0 Å². The maximum Gasteiger partial charge on any atom is 0.183 e. The van der Waals surface area contributed by atoms with Crippen molar-refractivity contribution >= 4 is 0 Å². The molecule has 1 heterocycles. The van der Waals surface area contributed by atoms with Gasteiger partial charge in [-0.3, -0.25) is 0 Å². The van der Waals surface area contributed by atoms with Gasteiger partial charge < -0.3 is 19.3 Å². The minimum Gasteiger partial charge on any atom is -0.388 e. The molecule has 0 aromatic heterocycles. The normalized spacial score (nSPS) is 33.9. The summed E-state index contributed by atoms with van der Waals surface area (Å²) in [5.41, 5.74) is 0. The molecule has 0 saturated carbocycles. The summed E-state index contributed by atoms with van der Waals surface area (Å²) in [4.78, 5) is 0. The van der Waals surface area contributed by atoms with Crippen LogP contribution in [0, 0.1) is 0 Å². The lowest BCUT2D eigenvalue weighted by Crippen LogP contribution is -2.25. The summed E-state index contributed by atoms with van der Waals surface area (Å²) in [6, 6.07) is 0. The Balaban J connectivity index is 2.18. The van der Waals surface area contributed by atoms with Crippen LogP contribution in [0.3, 0.4) is 0 Å². The van der Waals surface area contributed by atoms with Gasteiger partial charge in [0, 0.05) is 13.5 Å². The minimum absolute atomic E-state index is 0.141. The summed E-state index contributed by atoms with van der Waals surface area (Å²) in [7, 11) is 1.62. The lowest BCUT2D eigenvalue weighted by molar-refractivity contribution is -0.170. The van der Waals surface area contributed by atoms with Gasteiger partial charge in [0.15, 0.2) is 6.29 Å². The fourth-order valence-corrected chi connectivity index (χ4v) is 1.38. The van der Waals surface area contributed by atoms with Gasteiger partial charge in [-0.25, -0.2) is 0 Å². The van der Waals surface area contributed by atoms with Crippen LogP contribution in [0.4, 0.5) is 0 Å². The molecule has 1 saturated heterocycles. The summed E-state index contributed by atoms with van der Waals surface area (Å²) in [6.07, 6.45) is 0.791. The van der Waals surface area contributed by atoms with Gasteiger partial charge in [0.05, 0.1) is 19.3 Å². The number of aliphatic hydroxyl groups is 1. The molecule has 13 heavy (non-hydrogen) atoms. The zero-order chi connectivity index (χ0) is 9.68. The molecule has 1 N–H and O–H groups in total.